The van der Waals surface area contributed by atoms with E-state index in [0.29, 0.717) is 55.8 Å². The lowest BCUT2D eigenvalue weighted by molar-refractivity contribution is -0.140. The zero-order valence-electron chi connectivity index (χ0n) is 25.2. The number of carboxylic acids is 1. The normalized spacial score (nSPS) is 14.6. The van der Waals surface area contributed by atoms with Gasteiger partial charge in [0.25, 0.3) is 5.56 Å². The van der Waals surface area contributed by atoms with Crippen LogP contribution in [0.2, 0.25) is 0 Å². The second-order valence-corrected chi connectivity index (χ2v) is 11.0. The van der Waals surface area contributed by atoms with Crippen LogP contribution >= 0.6 is 11.3 Å². The van der Waals surface area contributed by atoms with Gasteiger partial charge in [0, 0.05) is 24.3 Å². The minimum absolute atomic E-state index is 0.0282. The number of aromatic carboxylic acids is 1. The lowest BCUT2D eigenvalue weighted by Gasteiger charge is -2.27. The summed E-state index contributed by atoms with van der Waals surface area (Å²) >= 11 is 1.16. The van der Waals surface area contributed by atoms with E-state index in [9.17, 15) is 19.5 Å². The summed E-state index contributed by atoms with van der Waals surface area (Å²) in [7, 11) is 3.04. The van der Waals surface area contributed by atoms with E-state index in [2.05, 4.69) is 4.99 Å². The Bertz CT molecular complexity index is 1930. The van der Waals surface area contributed by atoms with Crippen LogP contribution in [-0.4, -0.2) is 55.7 Å². The van der Waals surface area contributed by atoms with Gasteiger partial charge in [0.1, 0.15) is 24.2 Å². The van der Waals surface area contributed by atoms with Gasteiger partial charge in [-0.05, 0) is 43.7 Å². The van der Waals surface area contributed by atoms with Crippen LogP contribution < -0.4 is 24.4 Å². The van der Waals surface area contributed by atoms with Gasteiger partial charge >= 0.3 is 11.9 Å². The first-order valence-electron chi connectivity index (χ1n) is 14.2. The molecule has 2 aromatic heterocycles. The molecule has 1 aliphatic rings. The topological polar surface area (TPSA) is 139 Å². The number of ether oxygens (including phenoxy) is 4. The molecule has 234 valence electrons. The molecule has 0 bridgehead atoms. The molecule has 3 heterocycles. The van der Waals surface area contributed by atoms with E-state index in [1.165, 1.54) is 30.9 Å². The Hall–Kier alpha value is -4.94. The van der Waals surface area contributed by atoms with Gasteiger partial charge in [0.05, 0.1) is 41.7 Å². The van der Waals surface area contributed by atoms with Crippen LogP contribution in [0.15, 0.2) is 80.1 Å². The summed E-state index contributed by atoms with van der Waals surface area (Å²) in [6.07, 6.45) is 2.35. The molecule has 4 aromatic rings. The molecule has 0 amide bonds. The smallest absolute Gasteiger partial charge is 0.338 e. The third-order valence-corrected chi connectivity index (χ3v) is 8.04. The van der Waals surface area contributed by atoms with Gasteiger partial charge in [-0.2, -0.15) is 0 Å². The predicted octanol–water partition coefficient (Wildman–Crippen LogP) is 4.18. The largest absolute Gasteiger partial charge is 0.493 e. The number of para-hydroxylation sites is 1. The van der Waals surface area contributed by atoms with Crippen LogP contribution in [-0.2, 0) is 14.3 Å². The second-order valence-electron chi connectivity index (χ2n) is 10.0. The van der Waals surface area contributed by atoms with Crippen molar-refractivity contribution < 1.29 is 38.1 Å². The molecule has 1 atom stereocenters. The highest BCUT2D eigenvalue weighted by molar-refractivity contribution is 7.07. The van der Waals surface area contributed by atoms with Crippen molar-refractivity contribution in [2.75, 3.05) is 34.0 Å². The SMILES string of the molecule is CCCOc1c(OC)cccc1[C@H]1C(C(=O)OCCOC)=C(C)N=c2s/c(=C/c3ccc(-c4ccc(C(=O)O)cc4)o3)c(=O)n21. The number of furan rings is 1. The Morgan fingerprint density at radius 1 is 1.07 bits per heavy atom. The van der Waals surface area contributed by atoms with E-state index < -0.39 is 18.0 Å². The summed E-state index contributed by atoms with van der Waals surface area (Å²) in [5.41, 5.74) is 1.62. The van der Waals surface area contributed by atoms with Crippen molar-refractivity contribution in [3.63, 3.8) is 0 Å². The number of aromatic nitrogens is 1. The van der Waals surface area contributed by atoms with Gasteiger partial charge in [-0.15, -0.1) is 0 Å². The monoisotopic (exact) mass is 632 g/mol. The molecule has 1 N–H and O–H groups in total. The summed E-state index contributed by atoms with van der Waals surface area (Å²) < 4.78 is 30.1. The van der Waals surface area contributed by atoms with Gasteiger partial charge in [0.15, 0.2) is 16.3 Å². The number of carbonyl (C=O) groups is 2. The molecular formula is C33H32N2O9S. The molecular weight excluding hydrogens is 600 g/mol. The highest BCUT2D eigenvalue weighted by atomic mass is 32.1. The number of hydrogen-bond acceptors (Lipinski definition) is 10. The Balaban J connectivity index is 1.63. The molecule has 0 fully saturated rings. The number of allylic oxidation sites excluding steroid dienone is 1. The fourth-order valence-electron chi connectivity index (χ4n) is 4.93. The van der Waals surface area contributed by atoms with Gasteiger partial charge in [0.2, 0.25) is 0 Å². The summed E-state index contributed by atoms with van der Waals surface area (Å²) in [5.74, 6) is 0.163. The van der Waals surface area contributed by atoms with E-state index in [0.717, 1.165) is 17.8 Å². The summed E-state index contributed by atoms with van der Waals surface area (Å²) in [5, 5.41) is 9.18. The maximum absolute atomic E-state index is 14.1. The number of benzene rings is 2. The molecule has 0 radical (unpaired) electrons. The molecule has 12 heteroatoms. The first-order chi connectivity index (χ1) is 21.8. The minimum Gasteiger partial charge on any atom is -0.493 e. The average Bonchev–Trinajstić information content (AvgIpc) is 3.63. The molecule has 5 rings (SSSR count). The summed E-state index contributed by atoms with van der Waals surface area (Å²) in [6, 6.07) is 14.2. The lowest BCUT2D eigenvalue weighted by atomic mass is 9.94. The van der Waals surface area contributed by atoms with Crippen LogP contribution in [0.3, 0.4) is 0 Å². The van der Waals surface area contributed by atoms with Crippen molar-refractivity contribution >= 4 is 29.4 Å². The van der Waals surface area contributed by atoms with Crippen molar-refractivity contribution in [2.45, 2.75) is 26.3 Å². The molecule has 45 heavy (non-hydrogen) atoms. The number of thiazole rings is 1. The van der Waals surface area contributed by atoms with Crippen molar-refractivity contribution in [3.8, 4) is 22.8 Å². The third kappa shape index (κ3) is 6.47. The van der Waals surface area contributed by atoms with Crippen LogP contribution in [0, 0.1) is 0 Å². The van der Waals surface area contributed by atoms with Crippen LogP contribution in [0.1, 0.15) is 48.0 Å². The Morgan fingerprint density at radius 3 is 2.53 bits per heavy atom. The first-order valence-corrected chi connectivity index (χ1v) is 15.0. The average molecular weight is 633 g/mol. The maximum Gasteiger partial charge on any atom is 0.338 e. The zero-order valence-corrected chi connectivity index (χ0v) is 26.0. The molecule has 1 aliphatic heterocycles. The van der Waals surface area contributed by atoms with E-state index >= 15 is 0 Å². The van der Waals surface area contributed by atoms with Crippen molar-refractivity contribution in [1.82, 2.24) is 4.57 Å². The Morgan fingerprint density at radius 2 is 1.84 bits per heavy atom. The summed E-state index contributed by atoms with van der Waals surface area (Å²) in [6.45, 7) is 4.32. The molecule has 2 aromatic carbocycles. The summed E-state index contributed by atoms with van der Waals surface area (Å²) in [4.78, 5) is 43.9. The van der Waals surface area contributed by atoms with Gasteiger partial charge in [-0.3, -0.25) is 9.36 Å². The number of fused-ring (bicyclic) bond motifs is 1. The highest BCUT2D eigenvalue weighted by Crippen LogP contribution is 2.41. The quantitative estimate of drug-likeness (QED) is 0.180. The molecule has 0 saturated carbocycles. The van der Waals surface area contributed by atoms with Crippen LogP contribution in [0.25, 0.3) is 17.4 Å². The van der Waals surface area contributed by atoms with E-state index in [4.69, 9.17) is 23.4 Å². The van der Waals surface area contributed by atoms with Crippen LogP contribution in [0.5, 0.6) is 11.5 Å². The maximum atomic E-state index is 14.1. The Labute approximate surface area is 262 Å². The molecule has 11 nitrogen and oxygen atoms in total. The predicted molar refractivity (Wildman–Crippen MR) is 166 cm³/mol. The van der Waals surface area contributed by atoms with E-state index in [1.54, 1.807) is 55.5 Å². The van der Waals surface area contributed by atoms with E-state index in [-0.39, 0.29) is 29.9 Å². The standard InChI is InChI=1S/C33H32N2O9S/c1-5-15-42-29-23(7-6-8-25(29)41-4)28-27(32(39)43-17-16-40-3)19(2)34-33-35(28)30(36)26(45-33)18-22-13-14-24(44-22)20-9-11-21(12-10-20)31(37)38/h6-14,18,28H,5,15-17H2,1-4H3,(H,37,38)/b26-18+/t28-/m0/s1. The minimum atomic E-state index is -1.02. The first kappa shape index (κ1) is 31.5. The number of rotatable bonds is 12. The van der Waals surface area contributed by atoms with Crippen molar-refractivity contribution in [1.29, 1.82) is 0 Å². The fourth-order valence-corrected chi connectivity index (χ4v) is 5.96. The molecule has 0 aliphatic carbocycles. The van der Waals surface area contributed by atoms with Crippen LogP contribution in [0.4, 0.5) is 0 Å². The van der Waals surface area contributed by atoms with Gasteiger partial charge in [-0.1, -0.05) is 42.5 Å². The highest BCUT2D eigenvalue weighted by Gasteiger charge is 2.36. The third-order valence-electron chi connectivity index (χ3n) is 7.05. The van der Waals surface area contributed by atoms with E-state index in [1.807, 2.05) is 6.92 Å². The number of methoxy groups -OCH3 is 2. The second kappa shape index (κ2) is 13.8. The number of esters is 1. The molecule has 0 unspecified atom stereocenters. The van der Waals surface area contributed by atoms with Gasteiger partial charge < -0.3 is 28.5 Å². The number of nitrogens with zero attached hydrogens (tertiary/aromatic N) is 2. The number of carbonyl (C=O) groups excluding carboxylic acids is 1. The lowest BCUT2D eigenvalue weighted by Crippen LogP contribution is -2.40. The Kier molecular flexibility index (Phi) is 9.65. The number of hydrogen-bond donors (Lipinski definition) is 1. The molecule has 0 spiro atoms. The van der Waals surface area contributed by atoms with Crippen molar-refractivity contribution in [3.05, 3.63) is 102 Å². The van der Waals surface area contributed by atoms with Crippen molar-refractivity contribution in [2.24, 2.45) is 4.99 Å². The molecule has 0 saturated heterocycles. The van der Waals surface area contributed by atoms with Gasteiger partial charge in [-0.25, -0.2) is 14.6 Å². The number of carboxylic acid groups (broad SMARTS) is 1. The zero-order chi connectivity index (χ0) is 32.1. The fraction of sp³-hybridized carbons (Fsp3) is 0.273.